The molecule has 0 saturated carbocycles. The quantitative estimate of drug-likeness (QED) is 0.155. The van der Waals surface area contributed by atoms with Gasteiger partial charge in [-0.05, 0) is 67.3 Å². The maximum absolute atomic E-state index is 12.9. The van der Waals surface area contributed by atoms with E-state index in [1.165, 1.54) is 6.07 Å². The van der Waals surface area contributed by atoms with Crippen molar-refractivity contribution in [1.82, 2.24) is 5.32 Å². The molecule has 0 bridgehead atoms. The second-order valence-electron chi connectivity index (χ2n) is 9.29. The Morgan fingerprint density at radius 3 is 2.54 bits per heavy atom. The van der Waals surface area contributed by atoms with Crippen molar-refractivity contribution in [2.75, 3.05) is 18.8 Å². The van der Waals surface area contributed by atoms with Gasteiger partial charge in [-0.1, -0.05) is 25.8 Å². The average Bonchev–Trinajstić information content (AvgIpc) is 2.87. The van der Waals surface area contributed by atoms with Crippen LogP contribution in [-0.2, 0) is 0 Å². The number of nitrogens with two attached hydrogens (primary N) is 2. The summed E-state index contributed by atoms with van der Waals surface area (Å²) in [5, 5.41) is 22.0. The van der Waals surface area contributed by atoms with Crippen LogP contribution in [0.5, 0.6) is 0 Å². The standard InChI is InChI=1S/C29H32N4O4/c1-2-3-17(10-12-30)11-13-33-28(34)18-4-7-21(24(14-18)29(35)36)27-22-8-5-19(31)15-25(22)37-26-16-20(32)6-9-23(26)27/h4-9,14-17,31H,2-3,10-13,30,32H2,1H3,(H,33,34)(H,35,36). The summed E-state index contributed by atoms with van der Waals surface area (Å²) in [6.07, 6.45) is 3.87. The lowest BCUT2D eigenvalue weighted by Crippen LogP contribution is -2.26. The third-order valence-electron chi connectivity index (χ3n) is 6.64. The van der Waals surface area contributed by atoms with Crippen LogP contribution in [0.4, 0.5) is 5.69 Å². The third kappa shape index (κ3) is 5.65. The van der Waals surface area contributed by atoms with Gasteiger partial charge >= 0.3 is 5.97 Å². The molecule has 1 heterocycles. The summed E-state index contributed by atoms with van der Waals surface area (Å²) in [6.45, 7) is 3.25. The number of amides is 1. The number of aromatic carboxylic acids is 1. The number of hydrogen-bond acceptors (Lipinski definition) is 6. The van der Waals surface area contributed by atoms with E-state index in [-0.39, 0.29) is 22.4 Å². The minimum Gasteiger partial charge on any atom is -0.478 e. The molecule has 8 heteroatoms. The van der Waals surface area contributed by atoms with Crippen LogP contribution in [-0.4, -0.2) is 30.1 Å². The van der Waals surface area contributed by atoms with E-state index in [4.69, 9.17) is 21.3 Å². The van der Waals surface area contributed by atoms with E-state index in [1.54, 1.807) is 48.5 Å². The van der Waals surface area contributed by atoms with Crippen molar-refractivity contribution in [2.24, 2.45) is 11.7 Å². The molecule has 2 aromatic carbocycles. The average molecular weight is 501 g/mol. The molecule has 0 radical (unpaired) electrons. The van der Waals surface area contributed by atoms with E-state index in [9.17, 15) is 14.7 Å². The van der Waals surface area contributed by atoms with Crippen LogP contribution in [0, 0.1) is 11.3 Å². The highest BCUT2D eigenvalue weighted by atomic mass is 16.4. The van der Waals surface area contributed by atoms with E-state index in [0.29, 0.717) is 58.1 Å². The van der Waals surface area contributed by atoms with Gasteiger partial charge in [0, 0.05) is 46.4 Å². The first kappa shape index (κ1) is 25.9. The number of carbonyl (C=O) groups excluding carboxylic acids is 1. The summed E-state index contributed by atoms with van der Waals surface area (Å²) >= 11 is 0. The molecule has 4 rings (SSSR count). The zero-order chi connectivity index (χ0) is 26.5. The Morgan fingerprint density at radius 2 is 1.81 bits per heavy atom. The smallest absolute Gasteiger partial charge is 0.336 e. The summed E-state index contributed by atoms with van der Waals surface area (Å²) < 4.78 is 6.01. The van der Waals surface area contributed by atoms with Crippen LogP contribution in [0.3, 0.4) is 0 Å². The van der Waals surface area contributed by atoms with Gasteiger partial charge in [-0.2, -0.15) is 0 Å². The Kier molecular flexibility index (Phi) is 7.89. The number of carbonyl (C=O) groups is 2. The Morgan fingerprint density at radius 1 is 1.03 bits per heavy atom. The van der Waals surface area contributed by atoms with Gasteiger partial charge in [0.1, 0.15) is 11.3 Å². The molecule has 7 N–H and O–H groups in total. The Hall–Kier alpha value is -4.17. The second kappa shape index (κ2) is 11.3. The number of rotatable bonds is 10. The first-order valence-corrected chi connectivity index (χ1v) is 12.5. The van der Waals surface area contributed by atoms with Crippen molar-refractivity contribution in [3.8, 4) is 22.5 Å². The summed E-state index contributed by atoms with van der Waals surface area (Å²) in [5.41, 5.74) is 14.7. The Balaban J connectivity index is 1.73. The molecule has 0 fully saturated rings. The summed E-state index contributed by atoms with van der Waals surface area (Å²) in [5.74, 6) is -0.569. The molecule has 0 spiro atoms. The van der Waals surface area contributed by atoms with Gasteiger partial charge < -0.3 is 31.7 Å². The number of carboxylic acid groups (broad SMARTS) is 1. The minimum absolute atomic E-state index is 0.000200. The summed E-state index contributed by atoms with van der Waals surface area (Å²) in [4.78, 5) is 25.3. The molecule has 2 aliphatic rings. The molecular formula is C29H32N4O4. The van der Waals surface area contributed by atoms with Gasteiger partial charge in [0.05, 0.1) is 10.9 Å². The lowest BCUT2D eigenvalue weighted by atomic mass is 9.89. The fourth-order valence-electron chi connectivity index (χ4n) is 4.85. The highest BCUT2D eigenvalue weighted by Crippen LogP contribution is 2.41. The maximum Gasteiger partial charge on any atom is 0.336 e. The van der Waals surface area contributed by atoms with Crippen LogP contribution < -0.4 is 22.1 Å². The number of nitrogens with one attached hydrogen (secondary N) is 2. The topological polar surface area (TPSA) is 155 Å². The third-order valence-corrected chi connectivity index (χ3v) is 6.64. The number of anilines is 1. The minimum atomic E-state index is -1.15. The first-order valence-electron chi connectivity index (χ1n) is 12.5. The lowest BCUT2D eigenvalue weighted by molar-refractivity contribution is 0.0697. The monoisotopic (exact) mass is 500 g/mol. The largest absolute Gasteiger partial charge is 0.478 e. The van der Waals surface area contributed by atoms with Crippen molar-refractivity contribution in [1.29, 1.82) is 5.41 Å². The number of benzene rings is 3. The van der Waals surface area contributed by atoms with Crippen molar-refractivity contribution >= 4 is 28.5 Å². The zero-order valence-corrected chi connectivity index (χ0v) is 20.8. The SMILES string of the molecule is CCCC(CCN)CCNC(=O)c1ccc(-c2c3ccc(=N)cc-3oc3cc(N)ccc23)c(C(=O)O)c1. The van der Waals surface area contributed by atoms with Crippen LogP contribution in [0.25, 0.3) is 33.4 Å². The number of fused-ring (bicyclic) bond motifs is 2. The Labute approximate surface area is 215 Å². The highest BCUT2D eigenvalue weighted by molar-refractivity contribution is 6.09. The zero-order valence-electron chi connectivity index (χ0n) is 20.8. The normalized spacial score (nSPS) is 12.1. The maximum atomic E-state index is 12.9. The predicted octanol–water partition coefficient (Wildman–Crippen LogP) is 4.85. The number of hydrogen-bond donors (Lipinski definition) is 5. The fourth-order valence-corrected chi connectivity index (χ4v) is 4.85. The van der Waals surface area contributed by atoms with Crippen molar-refractivity contribution in [2.45, 2.75) is 32.6 Å². The molecule has 192 valence electrons. The molecule has 0 aromatic heterocycles. The molecule has 8 nitrogen and oxygen atoms in total. The van der Waals surface area contributed by atoms with Crippen LogP contribution in [0.2, 0.25) is 0 Å². The van der Waals surface area contributed by atoms with Gasteiger partial charge in [0.15, 0.2) is 0 Å². The van der Waals surface area contributed by atoms with E-state index in [2.05, 4.69) is 12.2 Å². The van der Waals surface area contributed by atoms with Gasteiger partial charge in [0.2, 0.25) is 0 Å². The van der Waals surface area contributed by atoms with Crippen LogP contribution in [0.15, 0.2) is 59.0 Å². The van der Waals surface area contributed by atoms with E-state index < -0.39 is 5.97 Å². The first-order chi connectivity index (χ1) is 17.8. The van der Waals surface area contributed by atoms with Crippen molar-refractivity contribution in [3.05, 3.63) is 71.1 Å². The molecule has 1 unspecified atom stereocenters. The molecule has 1 aliphatic heterocycles. The molecule has 2 aromatic rings. The number of carboxylic acids is 1. The summed E-state index contributed by atoms with van der Waals surface area (Å²) in [6, 6.07) is 14.9. The molecule has 1 aliphatic carbocycles. The molecular weight excluding hydrogens is 468 g/mol. The van der Waals surface area contributed by atoms with Crippen molar-refractivity contribution in [3.63, 3.8) is 0 Å². The highest BCUT2D eigenvalue weighted by Gasteiger charge is 2.23. The van der Waals surface area contributed by atoms with Gasteiger partial charge in [-0.15, -0.1) is 0 Å². The molecule has 0 saturated heterocycles. The second-order valence-corrected chi connectivity index (χ2v) is 9.29. The fraction of sp³-hybridized carbons (Fsp3) is 0.276. The van der Waals surface area contributed by atoms with Gasteiger partial charge in [-0.3, -0.25) is 4.79 Å². The van der Waals surface area contributed by atoms with E-state index >= 15 is 0 Å². The van der Waals surface area contributed by atoms with Crippen LogP contribution >= 0.6 is 0 Å². The molecule has 1 atom stereocenters. The number of nitrogen functional groups attached to an aromatic ring is 1. The molecule has 1 amide bonds. The molecule has 37 heavy (non-hydrogen) atoms. The van der Waals surface area contributed by atoms with Gasteiger partial charge in [0.25, 0.3) is 5.91 Å². The summed E-state index contributed by atoms with van der Waals surface area (Å²) in [7, 11) is 0. The Bertz CT molecular complexity index is 1470. The van der Waals surface area contributed by atoms with E-state index in [0.717, 1.165) is 25.7 Å². The van der Waals surface area contributed by atoms with Crippen LogP contribution in [0.1, 0.15) is 53.3 Å². The van der Waals surface area contributed by atoms with E-state index in [1.807, 2.05) is 0 Å². The van der Waals surface area contributed by atoms with Gasteiger partial charge in [-0.25, -0.2) is 4.79 Å². The predicted molar refractivity (Wildman–Crippen MR) is 145 cm³/mol. The van der Waals surface area contributed by atoms with Crippen molar-refractivity contribution < 1.29 is 19.1 Å². The lowest BCUT2D eigenvalue weighted by Gasteiger charge is -2.18.